The van der Waals surface area contributed by atoms with Crippen molar-refractivity contribution in [2.45, 2.75) is 13.3 Å². The van der Waals surface area contributed by atoms with Crippen LogP contribution in [0, 0.1) is 0 Å². The first-order valence-electron chi connectivity index (χ1n) is 5.05. The summed E-state index contributed by atoms with van der Waals surface area (Å²) < 4.78 is 4.99. The zero-order chi connectivity index (χ0) is 12.0. The van der Waals surface area contributed by atoms with E-state index in [4.69, 9.17) is 4.74 Å². The molecule has 0 aliphatic rings. The average Bonchev–Trinajstić information content (AvgIpc) is 2.28. The number of nitrogens with one attached hydrogen (secondary N) is 1. The fourth-order valence-electron chi connectivity index (χ4n) is 1.27. The van der Waals surface area contributed by atoms with Gasteiger partial charge in [0, 0.05) is 25.5 Å². The smallest absolute Gasteiger partial charge is 0.216 e. The quantitative estimate of drug-likeness (QED) is 0.765. The molecule has 0 radical (unpaired) electrons. The standard InChI is InChI=1S/C12H15NO3/c1-9(14)13-8-7-12(15)10-3-5-11(16-2)6-4-10/h3-6H,7-8H2,1-2H3,(H,13,14). The van der Waals surface area contributed by atoms with Crippen LogP contribution < -0.4 is 10.1 Å². The molecule has 0 spiro atoms. The summed E-state index contributed by atoms with van der Waals surface area (Å²) >= 11 is 0. The Balaban J connectivity index is 2.49. The van der Waals surface area contributed by atoms with Crippen molar-refractivity contribution in [3.05, 3.63) is 29.8 Å². The van der Waals surface area contributed by atoms with Crippen molar-refractivity contribution in [3.8, 4) is 5.75 Å². The van der Waals surface area contributed by atoms with Gasteiger partial charge in [-0.15, -0.1) is 0 Å². The number of benzene rings is 1. The van der Waals surface area contributed by atoms with Crippen molar-refractivity contribution in [1.29, 1.82) is 0 Å². The van der Waals surface area contributed by atoms with Gasteiger partial charge in [0.2, 0.25) is 5.91 Å². The second kappa shape index (κ2) is 5.90. The van der Waals surface area contributed by atoms with E-state index in [1.165, 1.54) is 6.92 Å². The Morgan fingerprint density at radius 3 is 2.38 bits per heavy atom. The number of rotatable bonds is 5. The largest absolute Gasteiger partial charge is 0.497 e. The van der Waals surface area contributed by atoms with Crippen LogP contribution in [-0.2, 0) is 4.79 Å². The number of carbonyl (C=O) groups is 2. The van der Waals surface area contributed by atoms with Gasteiger partial charge >= 0.3 is 0 Å². The number of hydrogen-bond acceptors (Lipinski definition) is 3. The van der Waals surface area contributed by atoms with Crippen molar-refractivity contribution in [2.75, 3.05) is 13.7 Å². The third kappa shape index (κ3) is 3.73. The molecule has 0 aliphatic heterocycles. The van der Waals surface area contributed by atoms with E-state index >= 15 is 0 Å². The van der Waals surface area contributed by atoms with Gasteiger partial charge in [0.1, 0.15) is 5.75 Å². The minimum Gasteiger partial charge on any atom is -0.497 e. The number of ketones is 1. The zero-order valence-electron chi connectivity index (χ0n) is 9.45. The van der Waals surface area contributed by atoms with E-state index in [1.54, 1.807) is 31.4 Å². The SMILES string of the molecule is COc1ccc(C(=O)CCNC(C)=O)cc1. The molecule has 4 heteroatoms. The van der Waals surface area contributed by atoms with Crippen LogP contribution in [0.2, 0.25) is 0 Å². The van der Waals surface area contributed by atoms with Crippen LogP contribution in [0.5, 0.6) is 5.75 Å². The zero-order valence-corrected chi connectivity index (χ0v) is 9.45. The Morgan fingerprint density at radius 1 is 1.25 bits per heavy atom. The van der Waals surface area contributed by atoms with E-state index in [1.807, 2.05) is 0 Å². The average molecular weight is 221 g/mol. The van der Waals surface area contributed by atoms with Gasteiger partial charge in [-0.05, 0) is 24.3 Å². The molecule has 1 aromatic rings. The molecule has 0 fully saturated rings. The summed E-state index contributed by atoms with van der Waals surface area (Å²) in [5.41, 5.74) is 0.631. The number of hydrogen-bond donors (Lipinski definition) is 1. The molecule has 1 N–H and O–H groups in total. The minimum atomic E-state index is -0.123. The highest BCUT2D eigenvalue weighted by atomic mass is 16.5. The van der Waals surface area contributed by atoms with E-state index in [-0.39, 0.29) is 11.7 Å². The first-order chi connectivity index (χ1) is 7.63. The summed E-state index contributed by atoms with van der Waals surface area (Å²) in [4.78, 5) is 22.2. The molecule has 1 amide bonds. The molecule has 0 aromatic heterocycles. The number of amides is 1. The molecule has 0 bridgehead atoms. The first-order valence-corrected chi connectivity index (χ1v) is 5.05. The second-order valence-corrected chi connectivity index (χ2v) is 3.38. The molecular weight excluding hydrogens is 206 g/mol. The highest BCUT2D eigenvalue weighted by molar-refractivity contribution is 5.96. The molecule has 1 aromatic carbocycles. The fraction of sp³-hybridized carbons (Fsp3) is 0.333. The van der Waals surface area contributed by atoms with E-state index in [0.717, 1.165) is 5.75 Å². The molecule has 1 rings (SSSR count). The molecule has 16 heavy (non-hydrogen) atoms. The maximum absolute atomic E-state index is 11.6. The molecule has 0 heterocycles. The normalized spacial score (nSPS) is 9.62. The van der Waals surface area contributed by atoms with Crippen LogP contribution in [0.15, 0.2) is 24.3 Å². The molecule has 0 saturated carbocycles. The minimum absolute atomic E-state index is 0.0106. The summed E-state index contributed by atoms with van der Waals surface area (Å²) in [7, 11) is 1.58. The van der Waals surface area contributed by atoms with Crippen LogP contribution in [0.1, 0.15) is 23.7 Å². The van der Waals surface area contributed by atoms with Crippen molar-refractivity contribution >= 4 is 11.7 Å². The van der Waals surface area contributed by atoms with E-state index in [2.05, 4.69) is 5.32 Å². The summed E-state index contributed by atoms with van der Waals surface area (Å²) in [6, 6.07) is 6.92. The van der Waals surface area contributed by atoms with Gasteiger partial charge < -0.3 is 10.1 Å². The van der Waals surface area contributed by atoms with Gasteiger partial charge in [-0.2, -0.15) is 0 Å². The topological polar surface area (TPSA) is 55.4 Å². The summed E-state index contributed by atoms with van der Waals surface area (Å²) in [6.07, 6.45) is 0.311. The summed E-state index contributed by atoms with van der Waals surface area (Å²) in [5.74, 6) is 0.609. The molecule has 0 aliphatic carbocycles. The maximum atomic E-state index is 11.6. The van der Waals surface area contributed by atoms with Crippen LogP contribution in [0.3, 0.4) is 0 Å². The Hall–Kier alpha value is -1.84. The van der Waals surface area contributed by atoms with Gasteiger partial charge in [-0.1, -0.05) is 0 Å². The predicted molar refractivity (Wildman–Crippen MR) is 60.6 cm³/mol. The Morgan fingerprint density at radius 2 is 1.88 bits per heavy atom. The van der Waals surface area contributed by atoms with Gasteiger partial charge in [0.05, 0.1) is 7.11 Å². The lowest BCUT2D eigenvalue weighted by Gasteiger charge is -2.03. The highest BCUT2D eigenvalue weighted by Gasteiger charge is 2.05. The van der Waals surface area contributed by atoms with Crippen molar-refractivity contribution in [3.63, 3.8) is 0 Å². The van der Waals surface area contributed by atoms with Crippen molar-refractivity contribution in [2.24, 2.45) is 0 Å². The Bertz CT molecular complexity index is 370. The summed E-state index contributed by atoms with van der Waals surface area (Å²) in [5, 5.41) is 2.58. The first kappa shape index (κ1) is 12.2. The number of Topliss-reactive ketones (excluding diaryl/α,β-unsaturated/α-hetero) is 1. The van der Waals surface area contributed by atoms with Gasteiger partial charge in [-0.3, -0.25) is 9.59 Å². The van der Waals surface area contributed by atoms with E-state index in [0.29, 0.717) is 18.5 Å². The van der Waals surface area contributed by atoms with Gasteiger partial charge in [-0.25, -0.2) is 0 Å². The highest BCUT2D eigenvalue weighted by Crippen LogP contribution is 2.12. The lowest BCUT2D eigenvalue weighted by atomic mass is 10.1. The number of carbonyl (C=O) groups excluding carboxylic acids is 2. The Labute approximate surface area is 94.6 Å². The molecular formula is C12H15NO3. The van der Waals surface area contributed by atoms with Crippen molar-refractivity contribution in [1.82, 2.24) is 5.32 Å². The van der Waals surface area contributed by atoms with Gasteiger partial charge in [0.15, 0.2) is 5.78 Å². The number of ether oxygens (including phenoxy) is 1. The molecule has 0 atom stereocenters. The van der Waals surface area contributed by atoms with Gasteiger partial charge in [0.25, 0.3) is 0 Å². The van der Waals surface area contributed by atoms with Crippen LogP contribution in [0.25, 0.3) is 0 Å². The van der Waals surface area contributed by atoms with Crippen LogP contribution >= 0.6 is 0 Å². The lowest BCUT2D eigenvalue weighted by molar-refractivity contribution is -0.118. The lowest BCUT2D eigenvalue weighted by Crippen LogP contribution is -2.23. The Kier molecular flexibility index (Phi) is 4.51. The number of methoxy groups -OCH3 is 1. The monoisotopic (exact) mass is 221 g/mol. The maximum Gasteiger partial charge on any atom is 0.216 e. The molecule has 0 saturated heterocycles. The summed E-state index contributed by atoms with van der Waals surface area (Å²) in [6.45, 7) is 1.80. The third-order valence-corrected chi connectivity index (χ3v) is 2.14. The molecule has 86 valence electrons. The molecule has 4 nitrogen and oxygen atoms in total. The van der Waals surface area contributed by atoms with Crippen LogP contribution in [0.4, 0.5) is 0 Å². The third-order valence-electron chi connectivity index (χ3n) is 2.14. The molecule has 0 unspecified atom stereocenters. The van der Waals surface area contributed by atoms with Crippen molar-refractivity contribution < 1.29 is 14.3 Å². The predicted octanol–water partition coefficient (Wildman–Crippen LogP) is 1.40. The second-order valence-electron chi connectivity index (χ2n) is 3.38. The van der Waals surface area contributed by atoms with E-state index < -0.39 is 0 Å². The van der Waals surface area contributed by atoms with E-state index in [9.17, 15) is 9.59 Å². The fourth-order valence-corrected chi connectivity index (χ4v) is 1.27. The van der Waals surface area contributed by atoms with Crippen LogP contribution in [-0.4, -0.2) is 25.3 Å².